The van der Waals surface area contributed by atoms with Crippen molar-refractivity contribution in [3.8, 4) is 0 Å². The zero-order valence-corrected chi connectivity index (χ0v) is 10.1. The first-order valence-electron chi connectivity index (χ1n) is 6.73. The monoisotopic (exact) mass is 219 g/mol. The minimum absolute atomic E-state index is 0.751. The molecule has 2 heterocycles. The van der Waals surface area contributed by atoms with E-state index in [1.54, 1.807) is 0 Å². The predicted molar refractivity (Wildman–Crippen MR) is 65.9 cm³/mol. The largest absolute Gasteiger partial charge is 0.370 e. The fraction of sp³-hybridized carbons (Fsp3) is 0.769. The molecule has 0 amide bonds. The molecule has 1 N–H and O–H groups in total. The first-order chi connectivity index (χ1) is 7.90. The van der Waals surface area contributed by atoms with Crippen LogP contribution in [0.5, 0.6) is 0 Å². The van der Waals surface area contributed by atoms with Gasteiger partial charge in [0.05, 0.1) is 5.69 Å². The maximum Gasteiger partial charge on any atom is 0.127 e. The van der Waals surface area contributed by atoms with Crippen molar-refractivity contribution in [1.82, 2.24) is 9.78 Å². The Balaban J connectivity index is 2.00. The van der Waals surface area contributed by atoms with E-state index in [1.165, 1.54) is 55.6 Å². The molecule has 16 heavy (non-hydrogen) atoms. The third-order valence-corrected chi connectivity index (χ3v) is 4.02. The van der Waals surface area contributed by atoms with Gasteiger partial charge in [-0.05, 0) is 32.6 Å². The van der Waals surface area contributed by atoms with E-state index in [9.17, 15) is 0 Å². The maximum absolute atomic E-state index is 4.85. The number of fused-ring (bicyclic) bond motifs is 1. The second-order valence-corrected chi connectivity index (χ2v) is 5.04. The van der Waals surface area contributed by atoms with E-state index in [0.29, 0.717) is 0 Å². The van der Waals surface area contributed by atoms with Crippen LogP contribution < -0.4 is 5.32 Å². The fourth-order valence-corrected chi connectivity index (χ4v) is 3.19. The minimum Gasteiger partial charge on any atom is -0.370 e. The summed E-state index contributed by atoms with van der Waals surface area (Å²) in [6.45, 7) is 4.28. The van der Waals surface area contributed by atoms with Crippen molar-refractivity contribution in [3.63, 3.8) is 0 Å². The summed E-state index contributed by atoms with van der Waals surface area (Å²) in [5.41, 5.74) is 2.95. The number of aromatic nitrogens is 2. The van der Waals surface area contributed by atoms with Crippen molar-refractivity contribution in [2.75, 3.05) is 11.9 Å². The Labute approximate surface area is 97.2 Å². The van der Waals surface area contributed by atoms with Gasteiger partial charge in [-0.1, -0.05) is 12.8 Å². The van der Waals surface area contributed by atoms with Gasteiger partial charge in [0.15, 0.2) is 0 Å². The van der Waals surface area contributed by atoms with Crippen molar-refractivity contribution >= 4 is 5.82 Å². The number of rotatable bonds is 2. The predicted octanol–water partition coefficient (Wildman–Crippen LogP) is 2.92. The van der Waals surface area contributed by atoms with E-state index in [2.05, 4.69) is 16.9 Å². The van der Waals surface area contributed by atoms with Gasteiger partial charge in [0, 0.05) is 24.6 Å². The molecule has 3 heteroatoms. The molecule has 1 aromatic heterocycles. The quantitative estimate of drug-likeness (QED) is 0.829. The van der Waals surface area contributed by atoms with Crippen LogP contribution in [-0.2, 0) is 13.0 Å². The van der Waals surface area contributed by atoms with E-state index in [0.717, 1.165) is 19.0 Å². The summed E-state index contributed by atoms with van der Waals surface area (Å²) in [7, 11) is 0. The topological polar surface area (TPSA) is 29.9 Å². The van der Waals surface area contributed by atoms with E-state index in [-0.39, 0.29) is 0 Å². The van der Waals surface area contributed by atoms with E-state index >= 15 is 0 Å². The van der Waals surface area contributed by atoms with Crippen LogP contribution in [0, 0.1) is 0 Å². The van der Waals surface area contributed by atoms with Gasteiger partial charge in [-0.3, -0.25) is 0 Å². The van der Waals surface area contributed by atoms with Crippen LogP contribution in [-0.4, -0.2) is 16.3 Å². The molecule has 3 nitrogen and oxygen atoms in total. The summed E-state index contributed by atoms with van der Waals surface area (Å²) < 4.78 is 2.17. The van der Waals surface area contributed by atoms with E-state index < -0.39 is 0 Å². The van der Waals surface area contributed by atoms with Gasteiger partial charge in [-0.25, -0.2) is 4.68 Å². The zero-order valence-electron chi connectivity index (χ0n) is 10.1. The normalized spacial score (nSPS) is 20.8. The van der Waals surface area contributed by atoms with E-state index in [4.69, 9.17) is 5.10 Å². The van der Waals surface area contributed by atoms with E-state index in [1.807, 2.05) is 0 Å². The molecular formula is C13H21N3. The highest BCUT2D eigenvalue weighted by Crippen LogP contribution is 2.38. The number of nitrogens with zero attached hydrogens (tertiary/aromatic N) is 2. The fourth-order valence-electron chi connectivity index (χ4n) is 3.19. The van der Waals surface area contributed by atoms with Gasteiger partial charge in [0.1, 0.15) is 5.82 Å². The van der Waals surface area contributed by atoms with Gasteiger partial charge in [-0.2, -0.15) is 5.10 Å². The zero-order chi connectivity index (χ0) is 11.0. The number of hydrogen-bond donors (Lipinski definition) is 1. The average molecular weight is 219 g/mol. The van der Waals surface area contributed by atoms with Crippen molar-refractivity contribution in [1.29, 1.82) is 0 Å². The standard InChI is InChI=1S/C13H21N3/c1-2-16-13-11(8-5-9-14-13)12(15-16)10-6-3-4-7-10/h10,14H,2-9H2,1H3. The second-order valence-electron chi connectivity index (χ2n) is 5.04. The average Bonchev–Trinajstić information content (AvgIpc) is 2.95. The van der Waals surface area contributed by atoms with Crippen LogP contribution in [0.15, 0.2) is 0 Å². The molecular weight excluding hydrogens is 198 g/mol. The lowest BCUT2D eigenvalue weighted by atomic mass is 9.96. The number of nitrogens with one attached hydrogen (secondary N) is 1. The van der Waals surface area contributed by atoms with Crippen LogP contribution >= 0.6 is 0 Å². The Morgan fingerprint density at radius 3 is 2.88 bits per heavy atom. The van der Waals surface area contributed by atoms with Gasteiger partial charge >= 0.3 is 0 Å². The Morgan fingerprint density at radius 2 is 2.12 bits per heavy atom. The van der Waals surface area contributed by atoms with Crippen molar-refractivity contribution in [2.45, 2.75) is 57.9 Å². The Morgan fingerprint density at radius 1 is 1.31 bits per heavy atom. The van der Waals surface area contributed by atoms with Gasteiger partial charge in [0.2, 0.25) is 0 Å². The lowest BCUT2D eigenvalue weighted by Gasteiger charge is -2.17. The van der Waals surface area contributed by atoms with Crippen LogP contribution in [0.1, 0.15) is 56.2 Å². The Hall–Kier alpha value is -0.990. The molecule has 3 rings (SSSR count). The van der Waals surface area contributed by atoms with Crippen molar-refractivity contribution in [3.05, 3.63) is 11.3 Å². The number of aryl methyl sites for hydroxylation is 1. The van der Waals surface area contributed by atoms with Crippen LogP contribution in [0.25, 0.3) is 0 Å². The molecule has 0 atom stereocenters. The maximum atomic E-state index is 4.85. The summed E-state index contributed by atoms with van der Waals surface area (Å²) >= 11 is 0. The molecule has 1 aliphatic carbocycles. The highest BCUT2D eigenvalue weighted by molar-refractivity contribution is 5.51. The summed E-state index contributed by atoms with van der Waals surface area (Å²) in [6, 6.07) is 0. The molecule has 2 aliphatic rings. The molecule has 0 aromatic carbocycles. The van der Waals surface area contributed by atoms with Crippen LogP contribution in [0.2, 0.25) is 0 Å². The minimum atomic E-state index is 0.751. The SMILES string of the molecule is CCn1nc(C2CCCC2)c2c1NCCC2. The lowest BCUT2D eigenvalue weighted by Crippen LogP contribution is -2.14. The molecule has 0 spiro atoms. The second kappa shape index (κ2) is 4.11. The Bertz CT molecular complexity index is 375. The van der Waals surface area contributed by atoms with Gasteiger partial charge < -0.3 is 5.32 Å². The van der Waals surface area contributed by atoms with Crippen LogP contribution in [0.4, 0.5) is 5.82 Å². The molecule has 0 unspecified atom stereocenters. The highest BCUT2D eigenvalue weighted by Gasteiger charge is 2.27. The Kier molecular flexibility index (Phi) is 2.62. The third-order valence-electron chi connectivity index (χ3n) is 4.02. The highest BCUT2D eigenvalue weighted by atomic mass is 15.3. The summed E-state index contributed by atoms with van der Waals surface area (Å²) in [4.78, 5) is 0. The van der Waals surface area contributed by atoms with Crippen molar-refractivity contribution < 1.29 is 0 Å². The molecule has 1 saturated carbocycles. The summed E-state index contributed by atoms with van der Waals surface area (Å²) in [5.74, 6) is 2.07. The molecule has 1 aromatic rings. The van der Waals surface area contributed by atoms with Gasteiger partial charge in [0.25, 0.3) is 0 Å². The van der Waals surface area contributed by atoms with Gasteiger partial charge in [-0.15, -0.1) is 0 Å². The smallest absolute Gasteiger partial charge is 0.127 e. The molecule has 0 radical (unpaired) electrons. The third kappa shape index (κ3) is 1.53. The molecule has 0 saturated heterocycles. The lowest BCUT2D eigenvalue weighted by molar-refractivity contribution is 0.617. The first kappa shape index (κ1) is 10.2. The van der Waals surface area contributed by atoms with Crippen molar-refractivity contribution in [2.24, 2.45) is 0 Å². The summed E-state index contributed by atoms with van der Waals surface area (Å²) in [6.07, 6.45) is 7.99. The van der Waals surface area contributed by atoms with Crippen LogP contribution in [0.3, 0.4) is 0 Å². The molecule has 88 valence electrons. The number of hydrogen-bond acceptors (Lipinski definition) is 2. The first-order valence-corrected chi connectivity index (χ1v) is 6.73. The number of anilines is 1. The molecule has 1 aliphatic heterocycles. The summed E-state index contributed by atoms with van der Waals surface area (Å²) in [5, 5.41) is 8.37. The molecule has 0 bridgehead atoms. The molecule has 1 fully saturated rings.